The fraction of sp³-hybridized carbons (Fsp3) is 0.389. The number of nitrogens with one attached hydrogen (secondary N) is 1. The van der Waals surface area contributed by atoms with Crippen LogP contribution in [0.1, 0.15) is 51.8 Å². The van der Waals surface area contributed by atoms with Gasteiger partial charge in [-0.1, -0.05) is 53.5 Å². The summed E-state index contributed by atoms with van der Waals surface area (Å²) in [4.78, 5) is 4.64. The fourth-order valence-corrected chi connectivity index (χ4v) is 2.02. The van der Waals surface area contributed by atoms with Crippen molar-refractivity contribution >= 4 is 17.5 Å². The monoisotopic (exact) mass is 270 g/mol. The highest BCUT2D eigenvalue weighted by atomic mass is 15.0. The third kappa shape index (κ3) is 4.69. The van der Waals surface area contributed by atoms with Crippen molar-refractivity contribution in [2.75, 3.05) is 5.32 Å². The Hall–Kier alpha value is -1.83. The number of nitrogens with zero attached hydrogens (tertiary/aromatic N) is 1. The van der Waals surface area contributed by atoms with E-state index in [0.29, 0.717) is 0 Å². The molecule has 0 aliphatic carbocycles. The Balaban J connectivity index is 2.95. The maximum Gasteiger partial charge on any atom is 0.130 e. The van der Waals surface area contributed by atoms with Crippen LogP contribution in [0.4, 0.5) is 5.82 Å². The molecule has 0 unspecified atom stereocenters. The van der Waals surface area contributed by atoms with Crippen LogP contribution < -0.4 is 5.32 Å². The largest absolute Gasteiger partial charge is 0.344 e. The maximum absolute atomic E-state index is 4.64. The van der Waals surface area contributed by atoms with E-state index in [9.17, 15) is 0 Å². The average Bonchev–Trinajstić information content (AvgIpc) is 2.35. The van der Waals surface area contributed by atoms with Gasteiger partial charge < -0.3 is 5.32 Å². The van der Waals surface area contributed by atoms with Crippen molar-refractivity contribution in [1.29, 1.82) is 0 Å². The van der Waals surface area contributed by atoms with Crippen molar-refractivity contribution in [3.05, 3.63) is 48.8 Å². The number of rotatable bonds is 6. The first-order chi connectivity index (χ1) is 9.26. The normalized spacial score (nSPS) is 11.0. The van der Waals surface area contributed by atoms with E-state index in [4.69, 9.17) is 0 Å². The number of hydrogen-bond acceptors (Lipinski definition) is 2. The Morgan fingerprint density at radius 2 is 1.95 bits per heavy atom. The topological polar surface area (TPSA) is 24.9 Å². The molecule has 0 radical (unpaired) electrons. The predicted molar refractivity (Wildman–Crippen MR) is 90.5 cm³/mol. The van der Waals surface area contributed by atoms with Gasteiger partial charge in [-0.25, -0.2) is 4.98 Å². The second-order valence-corrected chi connectivity index (χ2v) is 6.26. The van der Waals surface area contributed by atoms with E-state index in [0.717, 1.165) is 41.2 Å². The summed E-state index contributed by atoms with van der Waals surface area (Å²) in [6, 6.07) is 3.97. The summed E-state index contributed by atoms with van der Waals surface area (Å²) in [7, 11) is 0. The predicted octanol–water partition coefficient (Wildman–Crippen LogP) is 5.51. The Kier molecular flexibility index (Phi) is 5.32. The van der Waals surface area contributed by atoms with Gasteiger partial charge in [0.2, 0.25) is 0 Å². The van der Waals surface area contributed by atoms with Crippen LogP contribution in [0.15, 0.2) is 37.6 Å². The molecule has 0 saturated carbocycles. The molecule has 0 fully saturated rings. The maximum atomic E-state index is 4.64. The van der Waals surface area contributed by atoms with Crippen molar-refractivity contribution in [1.82, 2.24) is 4.98 Å². The van der Waals surface area contributed by atoms with E-state index in [-0.39, 0.29) is 5.41 Å². The zero-order valence-corrected chi connectivity index (χ0v) is 13.2. The van der Waals surface area contributed by atoms with Gasteiger partial charge in [-0.3, -0.25) is 0 Å². The van der Waals surface area contributed by atoms with Crippen LogP contribution in [0.3, 0.4) is 0 Å². The first kappa shape index (κ1) is 16.2. The molecule has 0 aliphatic heterocycles. The second-order valence-electron chi connectivity index (χ2n) is 6.26. The standard InChI is InChI=1S/C18H26N2/c1-8-13(3)17-15(9-2)10-11-16(20-17)19-14(4)12-18(5,6)7/h9-11H,2-4,8,12H2,1,5-7H3,(H,19,20). The lowest BCUT2D eigenvalue weighted by Gasteiger charge is -2.20. The van der Waals surface area contributed by atoms with Crippen molar-refractivity contribution in [2.24, 2.45) is 5.41 Å². The molecule has 1 heterocycles. The van der Waals surface area contributed by atoms with Crippen molar-refractivity contribution in [3.8, 4) is 0 Å². The summed E-state index contributed by atoms with van der Waals surface area (Å²) < 4.78 is 0. The Morgan fingerprint density at radius 3 is 2.45 bits per heavy atom. The molecule has 0 bridgehead atoms. The van der Waals surface area contributed by atoms with Crippen molar-refractivity contribution in [2.45, 2.75) is 40.5 Å². The van der Waals surface area contributed by atoms with Gasteiger partial charge in [-0.05, 0) is 41.5 Å². The summed E-state index contributed by atoms with van der Waals surface area (Å²) in [5, 5.41) is 3.29. The van der Waals surface area contributed by atoms with Crippen LogP contribution in [-0.2, 0) is 0 Å². The smallest absolute Gasteiger partial charge is 0.130 e. The van der Waals surface area contributed by atoms with E-state index in [1.54, 1.807) is 0 Å². The van der Waals surface area contributed by atoms with E-state index < -0.39 is 0 Å². The van der Waals surface area contributed by atoms with Crippen LogP contribution in [0.25, 0.3) is 11.6 Å². The summed E-state index contributed by atoms with van der Waals surface area (Å²) in [6.45, 7) is 20.6. The van der Waals surface area contributed by atoms with E-state index in [1.165, 1.54) is 0 Å². The van der Waals surface area contributed by atoms with Gasteiger partial charge >= 0.3 is 0 Å². The Labute approximate surface area is 123 Å². The minimum Gasteiger partial charge on any atom is -0.344 e. The Bertz CT molecular complexity index is 519. The summed E-state index contributed by atoms with van der Waals surface area (Å²) in [5.41, 5.74) is 4.13. The van der Waals surface area contributed by atoms with Crippen LogP contribution in [0.2, 0.25) is 0 Å². The summed E-state index contributed by atoms with van der Waals surface area (Å²) >= 11 is 0. The van der Waals surface area contributed by atoms with Crippen LogP contribution in [-0.4, -0.2) is 4.98 Å². The lowest BCUT2D eigenvalue weighted by Crippen LogP contribution is -2.11. The van der Waals surface area contributed by atoms with Crippen LogP contribution in [0, 0.1) is 5.41 Å². The number of pyridine rings is 1. The summed E-state index contributed by atoms with van der Waals surface area (Å²) in [5.74, 6) is 0.814. The third-order valence-electron chi connectivity index (χ3n) is 2.96. The number of anilines is 1. The first-order valence-electron chi connectivity index (χ1n) is 7.03. The lowest BCUT2D eigenvalue weighted by atomic mass is 9.91. The average molecular weight is 270 g/mol. The second kappa shape index (κ2) is 6.56. The fourth-order valence-electron chi connectivity index (χ4n) is 2.02. The lowest BCUT2D eigenvalue weighted by molar-refractivity contribution is 0.411. The molecule has 2 nitrogen and oxygen atoms in total. The highest BCUT2D eigenvalue weighted by molar-refractivity contribution is 5.71. The van der Waals surface area contributed by atoms with Gasteiger partial charge in [0.1, 0.15) is 5.82 Å². The molecule has 1 aromatic rings. The third-order valence-corrected chi connectivity index (χ3v) is 2.96. The summed E-state index contributed by atoms with van der Waals surface area (Å²) in [6.07, 6.45) is 3.60. The molecule has 0 spiro atoms. The van der Waals surface area contributed by atoms with Crippen LogP contribution >= 0.6 is 0 Å². The molecule has 108 valence electrons. The van der Waals surface area contributed by atoms with Crippen molar-refractivity contribution in [3.63, 3.8) is 0 Å². The molecule has 1 aromatic heterocycles. The van der Waals surface area contributed by atoms with Gasteiger partial charge in [0.25, 0.3) is 0 Å². The number of allylic oxidation sites excluding steroid dienone is 2. The SMILES string of the molecule is C=Cc1ccc(NC(=C)CC(C)(C)C)nc1C(=C)CC. The molecule has 0 amide bonds. The highest BCUT2D eigenvalue weighted by Gasteiger charge is 2.13. The van der Waals surface area contributed by atoms with E-state index in [1.807, 2.05) is 18.2 Å². The molecule has 0 aromatic carbocycles. The molecular weight excluding hydrogens is 244 g/mol. The highest BCUT2D eigenvalue weighted by Crippen LogP contribution is 2.25. The molecule has 1 rings (SSSR count). The molecule has 0 saturated heterocycles. The van der Waals surface area contributed by atoms with Crippen molar-refractivity contribution < 1.29 is 0 Å². The van der Waals surface area contributed by atoms with E-state index in [2.05, 4.69) is 57.7 Å². The number of aromatic nitrogens is 1. The molecule has 0 atom stereocenters. The van der Waals surface area contributed by atoms with Gasteiger partial charge in [0.15, 0.2) is 0 Å². The molecule has 0 aliphatic rings. The van der Waals surface area contributed by atoms with Crippen LogP contribution in [0.5, 0.6) is 0 Å². The van der Waals surface area contributed by atoms with E-state index >= 15 is 0 Å². The quantitative estimate of drug-likeness (QED) is 0.737. The minimum atomic E-state index is 0.209. The molecule has 2 heteroatoms. The molecule has 1 N–H and O–H groups in total. The van der Waals surface area contributed by atoms with Gasteiger partial charge in [0.05, 0.1) is 5.69 Å². The van der Waals surface area contributed by atoms with Gasteiger partial charge in [-0.2, -0.15) is 0 Å². The zero-order chi connectivity index (χ0) is 15.3. The van der Waals surface area contributed by atoms with Gasteiger partial charge in [-0.15, -0.1) is 0 Å². The molecule has 20 heavy (non-hydrogen) atoms. The molecular formula is C18H26N2. The minimum absolute atomic E-state index is 0.209. The Morgan fingerprint density at radius 1 is 1.30 bits per heavy atom. The number of hydrogen-bond donors (Lipinski definition) is 1. The zero-order valence-electron chi connectivity index (χ0n) is 13.2. The van der Waals surface area contributed by atoms with Gasteiger partial charge in [0, 0.05) is 5.70 Å². The first-order valence-corrected chi connectivity index (χ1v) is 7.03.